The molecule has 102 valence electrons. The number of hydrogen-bond acceptors (Lipinski definition) is 3. The number of rotatable bonds is 3. The molecule has 1 aromatic heterocycles. The van der Waals surface area contributed by atoms with E-state index in [1.54, 1.807) is 0 Å². The van der Waals surface area contributed by atoms with E-state index < -0.39 is 0 Å². The lowest BCUT2D eigenvalue weighted by Crippen LogP contribution is -2.30. The van der Waals surface area contributed by atoms with Crippen molar-refractivity contribution >= 4 is 40.5 Å². The van der Waals surface area contributed by atoms with Crippen LogP contribution in [0.1, 0.15) is 18.4 Å². The van der Waals surface area contributed by atoms with Crippen LogP contribution in [0.4, 0.5) is 0 Å². The summed E-state index contributed by atoms with van der Waals surface area (Å²) < 4.78 is 0.568. The van der Waals surface area contributed by atoms with Crippen LogP contribution in [-0.2, 0) is 4.84 Å². The lowest BCUT2D eigenvalue weighted by molar-refractivity contribution is -0.605. The van der Waals surface area contributed by atoms with E-state index in [2.05, 4.69) is 5.16 Å². The summed E-state index contributed by atoms with van der Waals surface area (Å²) >= 11 is 18.2. The van der Waals surface area contributed by atoms with E-state index in [0.717, 1.165) is 12.8 Å². The van der Waals surface area contributed by atoms with Gasteiger partial charge in [0, 0.05) is 11.4 Å². The summed E-state index contributed by atoms with van der Waals surface area (Å²) in [6, 6.07) is 0. The van der Waals surface area contributed by atoms with Crippen molar-refractivity contribution in [2.24, 2.45) is 17.0 Å². The van der Waals surface area contributed by atoms with E-state index in [0.29, 0.717) is 27.8 Å². The molecule has 1 saturated carbocycles. The Bertz CT molecular complexity index is 523. The third-order valence-electron chi connectivity index (χ3n) is 3.49. The summed E-state index contributed by atoms with van der Waals surface area (Å²) in [5.41, 5.74) is 1.19. The van der Waals surface area contributed by atoms with Crippen LogP contribution in [0.5, 0.6) is 0 Å². The zero-order valence-electron chi connectivity index (χ0n) is 9.85. The maximum Gasteiger partial charge on any atom is 0.199 e. The van der Waals surface area contributed by atoms with Crippen LogP contribution in [0.3, 0.4) is 0 Å². The van der Waals surface area contributed by atoms with Gasteiger partial charge < -0.3 is 10.0 Å². The molecule has 2 aliphatic rings. The van der Waals surface area contributed by atoms with E-state index in [9.17, 15) is 5.21 Å². The molecule has 7 heteroatoms. The Labute approximate surface area is 125 Å². The van der Waals surface area contributed by atoms with E-state index in [1.807, 2.05) is 0 Å². The zero-order chi connectivity index (χ0) is 13.6. The topological polar surface area (TPSA) is 48.5 Å². The third kappa shape index (κ3) is 2.37. The average Bonchev–Trinajstić information content (AvgIpc) is 3.09. The van der Waals surface area contributed by atoms with Crippen molar-refractivity contribution < 1.29 is 9.57 Å². The smallest absolute Gasteiger partial charge is 0.199 e. The lowest BCUT2D eigenvalue weighted by Gasteiger charge is -2.16. The van der Waals surface area contributed by atoms with Crippen molar-refractivity contribution in [3.8, 4) is 0 Å². The van der Waals surface area contributed by atoms with E-state index in [4.69, 9.17) is 39.6 Å². The Hall–Kier alpha value is -0.710. The van der Waals surface area contributed by atoms with Crippen molar-refractivity contribution in [1.82, 2.24) is 0 Å². The van der Waals surface area contributed by atoms with Crippen molar-refractivity contribution in [2.75, 3.05) is 5.88 Å². The molecule has 3 rings (SSSR count). The zero-order valence-corrected chi connectivity index (χ0v) is 12.1. The molecule has 4 nitrogen and oxygen atoms in total. The molecule has 2 unspecified atom stereocenters. The normalized spacial score (nSPS) is 26.2. The Balaban J connectivity index is 1.98. The fourth-order valence-electron chi connectivity index (χ4n) is 2.39. The molecule has 0 bridgehead atoms. The van der Waals surface area contributed by atoms with Gasteiger partial charge in [0.15, 0.2) is 12.4 Å². The molecule has 1 fully saturated rings. The quantitative estimate of drug-likeness (QED) is 0.488. The maximum absolute atomic E-state index is 11.3. The second kappa shape index (κ2) is 5.00. The third-order valence-corrected chi connectivity index (χ3v) is 4.39. The fourth-order valence-corrected chi connectivity index (χ4v) is 3.35. The number of alkyl halides is 1. The monoisotopic (exact) mass is 320 g/mol. The standard InChI is InChI=1S/C12H11Cl3N2O2/c13-3-7-11(16-19-12(7)6-1-2-6)10-8(14)4-17(18)5-9(10)15/h4-7,12H,1-3H2. The highest BCUT2D eigenvalue weighted by Crippen LogP contribution is 2.43. The first-order chi connectivity index (χ1) is 9.11. The van der Waals surface area contributed by atoms with Crippen LogP contribution in [0, 0.1) is 17.0 Å². The van der Waals surface area contributed by atoms with E-state index in [-0.39, 0.29) is 22.1 Å². The molecule has 1 aliphatic heterocycles. The highest BCUT2D eigenvalue weighted by Gasteiger charge is 2.45. The van der Waals surface area contributed by atoms with Crippen LogP contribution in [0.15, 0.2) is 17.5 Å². The van der Waals surface area contributed by atoms with Gasteiger partial charge in [0.1, 0.15) is 16.1 Å². The van der Waals surface area contributed by atoms with Gasteiger partial charge in [-0.25, -0.2) is 0 Å². The second-order valence-corrected chi connectivity index (χ2v) is 5.96. The molecule has 1 aliphatic carbocycles. The van der Waals surface area contributed by atoms with Crippen LogP contribution >= 0.6 is 34.8 Å². The second-order valence-electron chi connectivity index (χ2n) is 4.83. The molecule has 0 radical (unpaired) electrons. The predicted octanol–water partition coefficient (Wildman–Crippen LogP) is 2.99. The Morgan fingerprint density at radius 3 is 2.47 bits per heavy atom. The highest BCUT2D eigenvalue weighted by molar-refractivity contribution is 6.40. The van der Waals surface area contributed by atoms with Crippen molar-refractivity contribution in [2.45, 2.75) is 18.9 Å². The molecule has 19 heavy (non-hydrogen) atoms. The summed E-state index contributed by atoms with van der Waals surface area (Å²) in [5.74, 6) is 0.862. The number of aromatic nitrogens is 1. The van der Waals surface area contributed by atoms with Crippen molar-refractivity contribution in [3.05, 3.63) is 33.2 Å². The van der Waals surface area contributed by atoms with Gasteiger partial charge in [-0.3, -0.25) is 0 Å². The Morgan fingerprint density at radius 2 is 1.95 bits per heavy atom. The first kappa shape index (κ1) is 13.3. The first-order valence-electron chi connectivity index (χ1n) is 5.99. The summed E-state index contributed by atoms with van der Waals surface area (Å²) in [6.07, 6.45) is 4.77. The average molecular weight is 322 g/mol. The van der Waals surface area contributed by atoms with E-state index >= 15 is 0 Å². The molecule has 0 saturated heterocycles. The van der Waals surface area contributed by atoms with Crippen molar-refractivity contribution in [3.63, 3.8) is 0 Å². The lowest BCUT2D eigenvalue weighted by atomic mass is 9.92. The minimum Gasteiger partial charge on any atom is -0.619 e. The number of halogens is 3. The fraction of sp³-hybridized carbons (Fsp3) is 0.500. The SMILES string of the molecule is [O-][n+]1cc(Cl)c(C2=NOC(C3CC3)C2CCl)c(Cl)c1. The first-order valence-corrected chi connectivity index (χ1v) is 7.28. The minimum atomic E-state index is -0.0355. The number of oxime groups is 1. The van der Waals surface area contributed by atoms with Gasteiger partial charge in [0.25, 0.3) is 0 Å². The van der Waals surface area contributed by atoms with Crippen LogP contribution in [-0.4, -0.2) is 17.7 Å². The van der Waals surface area contributed by atoms with Crippen LogP contribution in [0.25, 0.3) is 0 Å². The number of nitrogens with zero attached hydrogens (tertiary/aromatic N) is 2. The van der Waals surface area contributed by atoms with Gasteiger partial charge in [-0.15, -0.1) is 11.6 Å². The summed E-state index contributed by atoms with van der Waals surface area (Å²) in [4.78, 5) is 5.49. The number of pyridine rings is 1. The van der Waals surface area contributed by atoms with Gasteiger partial charge >= 0.3 is 0 Å². The molecule has 0 aromatic carbocycles. The molecular weight excluding hydrogens is 311 g/mol. The van der Waals surface area contributed by atoms with Crippen molar-refractivity contribution in [1.29, 1.82) is 0 Å². The van der Waals surface area contributed by atoms with E-state index in [1.165, 1.54) is 12.4 Å². The molecule has 2 atom stereocenters. The summed E-state index contributed by atoms with van der Waals surface area (Å²) in [7, 11) is 0. The molecule has 2 heterocycles. The van der Waals surface area contributed by atoms with Gasteiger partial charge in [-0.1, -0.05) is 28.4 Å². The molecule has 1 aromatic rings. The van der Waals surface area contributed by atoms with Gasteiger partial charge in [-0.2, -0.15) is 4.73 Å². The Morgan fingerprint density at radius 1 is 1.32 bits per heavy atom. The minimum absolute atomic E-state index is 0.000727. The molecule has 0 spiro atoms. The van der Waals surface area contributed by atoms with Crippen LogP contribution in [0.2, 0.25) is 10.0 Å². The van der Waals surface area contributed by atoms with Gasteiger partial charge in [0.2, 0.25) is 0 Å². The van der Waals surface area contributed by atoms with Gasteiger partial charge in [0.05, 0.1) is 11.6 Å². The molecule has 0 amide bonds. The number of hydrogen-bond donors (Lipinski definition) is 0. The highest BCUT2D eigenvalue weighted by atomic mass is 35.5. The molecular formula is C12H11Cl3N2O2. The van der Waals surface area contributed by atoms with Crippen LogP contribution < -0.4 is 4.73 Å². The van der Waals surface area contributed by atoms with Gasteiger partial charge in [-0.05, 0) is 18.8 Å². The summed E-state index contributed by atoms with van der Waals surface area (Å²) in [6.45, 7) is 0. The molecule has 0 N–H and O–H groups in total. The largest absolute Gasteiger partial charge is 0.619 e. The Kier molecular flexibility index (Phi) is 3.50. The maximum atomic E-state index is 11.3. The summed E-state index contributed by atoms with van der Waals surface area (Å²) in [5, 5.41) is 15.9. The predicted molar refractivity (Wildman–Crippen MR) is 73.8 cm³/mol.